The van der Waals surface area contributed by atoms with E-state index in [1.165, 1.54) is 6.42 Å². The van der Waals surface area contributed by atoms with Crippen LogP contribution in [0.25, 0.3) is 0 Å². The molecule has 0 amide bonds. The van der Waals surface area contributed by atoms with Crippen LogP contribution in [-0.2, 0) is 0 Å². The minimum absolute atomic E-state index is 0.153. The second-order valence-corrected chi connectivity index (χ2v) is 2.49. The van der Waals surface area contributed by atoms with E-state index in [1.54, 1.807) is 0 Å². The smallest absolute Gasteiger partial charge is 0.0953 e. The van der Waals surface area contributed by atoms with Gasteiger partial charge in [0.25, 0.3) is 0 Å². The average molecular weight is 170 g/mol. The van der Waals surface area contributed by atoms with Crippen molar-refractivity contribution < 1.29 is 0 Å². The van der Waals surface area contributed by atoms with Crippen LogP contribution in [0.4, 0.5) is 0 Å². The third-order valence-electron chi connectivity index (χ3n) is 1.22. The minimum atomic E-state index is 0.153. The summed E-state index contributed by atoms with van der Waals surface area (Å²) in [5.74, 6) is 0. The number of rotatable bonds is 0. The fourth-order valence-corrected chi connectivity index (χ4v) is 0.795. The highest BCUT2D eigenvalue weighted by Crippen LogP contribution is 2.01. The summed E-state index contributed by atoms with van der Waals surface area (Å²) in [4.78, 5) is 0. The van der Waals surface area contributed by atoms with Gasteiger partial charge in [-0.2, -0.15) is 5.26 Å². The van der Waals surface area contributed by atoms with Gasteiger partial charge in [0.05, 0.1) is 12.1 Å². The van der Waals surface area contributed by atoms with E-state index in [0.717, 1.165) is 19.4 Å². The molecule has 0 aromatic heterocycles. The van der Waals surface area contributed by atoms with Gasteiger partial charge in [0.2, 0.25) is 0 Å². The number of nitrogens with one attached hydrogen (secondary N) is 1. The van der Waals surface area contributed by atoms with E-state index < -0.39 is 0 Å². The molecule has 1 aliphatic heterocycles. The molecule has 0 spiro atoms. The van der Waals surface area contributed by atoms with Crippen molar-refractivity contribution in [3.05, 3.63) is 0 Å². The molecule has 1 heterocycles. The predicted molar refractivity (Wildman–Crippen MR) is 54.0 cm³/mol. The summed E-state index contributed by atoms with van der Waals surface area (Å²) in [5, 5.41) is 11.3. The molecule has 1 unspecified atom stereocenters. The van der Waals surface area contributed by atoms with Crippen LogP contribution in [0.1, 0.15) is 47.0 Å². The standard InChI is InChI=1S/C5H8N2.C3H8.C2H6/c6-4-5-2-1-3-7-5;1-3-2;1-2/h5,7H,1-3H2;3H2,1-2H3;1-2H3. The second-order valence-electron chi connectivity index (χ2n) is 2.49. The van der Waals surface area contributed by atoms with Gasteiger partial charge >= 0.3 is 0 Å². The lowest BCUT2D eigenvalue weighted by Gasteiger charge is -1.91. The van der Waals surface area contributed by atoms with Crippen LogP contribution < -0.4 is 5.32 Å². The fourth-order valence-electron chi connectivity index (χ4n) is 0.795. The van der Waals surface area contributed by atoms with Crippen LogP contribution in [-0.4, -0.2) is 12.6 Å². The molecule has 1 N–H and O–H groups in total. The van der Waals surface area contributed by atoms with Gasteiger partial charge in [-0.3, -0.25) is 0 Å². The molecular formula is C10H22N2. The first-order chi connectivity index (χ1) is 5.85. The Balaban J connectivity index is 0. The molecule has 0 aromatic rings. The van der Waals surface area contributed by atoms with Gasteiger partial charge in [-0.15, -0.1) is 0 Å². The molecule has 1 atom stereocenters. The molecule has 1 aliphatic rings. The molecule has 12 heavy (non-hydrogen) atoms. The molecule has 2 nitrogen and oxygen atoms in total. The first-order valence-corrected chi connectivity index (χ1v) is 4.98. The Hall–Kier alpha value is -0.550. The average Bonchev–Trinajstić information content (AvgIpc) is 2.61. The molecule has 0 radical (unpaired) electrons. The van der Waals surface area contributed by atoms with E-state index in [2.05, 4.69) is 25.2 Å². The largest absolute Gasteiger partial charge is 0.302 e. The Morgan fingerprint density at radius 1 is 1.42 bits per heavy atom. The molecule has 0 aliphatic carbocycles. The highest BCUT2D eigenvalue weighted by atomic mass is 14.9. The quantitative estimate of drug-likeness (QED) is 0.606. The van der Waals surface area contributed by atoms with E-state index in [0.29, 0.717) is 0 Å². The van der Waals surface area contributed by atoms with E-state index in [9.17, 15) is 0 Å². The molecule has 0 saturated carbocycles. The lowest BCUT2D eigenvalue weighted by Crippen LogP contribution is -2.18. The monoisotopic (exact) mass is 170 g/mol. The predicted octanol–water partition coefficient (Wildman–Crippen LogP) is 2.70. The van der Waals surface area contributed by atoms with Crippen molar-refractivity contribution in [2.45, 2.75) is 53.0 Å². The van der Waals surface area contributed by atoms with Gasteiger partial charge in [-0.25, -0.2) is 0 Å². The number of nitrogens with zero attached hydrogens (tertiary/aromatic N) is 1. The van der Waals surface area contributed by atoms with Gasteiger partial charge in [0.1, 0.15) is 0 Å². The molecule has 1 fully saturated rings. The number of nitriles is 1. The normalized spacial score (nSPS) is 19.4. The Morgan fingerprint density at radius 3 is 2.08 bits per heavy atom. The molecule has 1 saturated heterocycles. The Bertz CT molecular complexity index is 98.9. The van der Waals surface area contributed by atoms with Gasteiger partial charge < -0.3 is 5.32 Å². The summed E-state index contributed by atoms with van der Waals surface area (Å²) in [6, 6.07) is 2.31. The maximum atomic E-state index is 8.25. The fraction of sp³-hybridized carbons (Fsp3) is 0.900. The summed E-state index contributed by atoms with van der Waals surface area (Å²) >= 11 is 0. The van der Waals surface area contributed by atoms with Crippen LogP contribution in [0.5, 0.6) is 0 Å². The third-order valence-corrected chi connectivity index (χ3v) is 1.22. The highest BCUT2D eigenvalue weighted by Gasteiger charge is 2.10. The zero-order valence-electron chi connectivity index (χ0n) is 8.85. The summed E-state index contributed by atoms with van der Waals surface area (Å²) in [6.45, 7) is 9.28. The van der Waals surface area contributed by atoms with Crippen LogP contribution in [0, 0.1) is 11.3 Å². The summed E-state index contributed by atoms with van der Waals surface area (Å²) in [7, 11) is 0. The SMILES string of the molecule is CC.CCC.N#CC1CCCN1. The van der Waals surface area contributed by atoms with E-state index in [1.807, 2.05) is 13.8 Å². The summed E-state index contributed by atoms with van der Waals surface area (Å²) < 4.78 is 0. The zero-order valence-corrected chi connectivity index (χ0v) is 8.85. The lowest BCUT2D eigenvalue weighted by molar-refractivity contribution is 0.740. The molecule has 72 valence electrons. The number of hydrogen-bond acceptors (Lipinski definition) is 2. The first-order valence-electron chi connectivity index (χ1n) is 4.98. The molecular weight excluding hydrogens is 148 g/mol. The number of hydrogen-bond donors (Lipinski definition) is 1. The maximum absolute atomic E-state index is 8.25. The summed E-state index contributed by atoms with van der Waals surface area (Å²) in [5.41, 5.74) is 0. The van der Waals surface area contributed by atoms with Crippen LogP contribution in [0.15, 0.2) is 0 Å². The van der Waals surface area contributed by atoms with Crippen molar-refractivity contribution >= 4 is 0 Å². The Labute approximate surface area is 77.0 Å². The summed E-state index contributed by atoms with van der Waals surface area (Å²) in [6.07, 6.45) is 3.45. The van der Waals surface area contributed by atoms with Crippen LogP contribution in [0.2, 0.25) is 0 Å². The Morgan fingerprint density at radius 2 is 1.92 bits per heavy atom. The van der Waals surface area contributed by atoms with Gasteiger partial charge in [-0.05, 0) is 19.4 Å². The third kappa shape index (κ3) is 9.45. The zero-order chi connectivity index (χ0) is 9.82. The topological polar surface area (TPSA) is 35.8 Å². The van der Waals surface area contributed by atoms with Crippen molar-refractivity contribution in [2.24, 2.45) is 0 Å². The first kappa shape index (κ1) is 14.0. The Kier molecular flexibility index (Phi) is 15.2. The molecule has 0 bridgehead atoms. The second kappa shape index (κ2) is 13.1. The van der Waals surface area contributed by atoms with Gasteiger partial charge in [-0.1, -0.05) is 34.1 Å². The van der Waals surface area contributed by atoms with E-state index in [4.69, 9.17) is 5.26 Å². The van der Waals surface area contributed by atoms with E-state index in [-0.39, 0.29) is 6.04 Å². The highest BCUT2D eigenvalue weighted by molar-refractivity contribution is 4.92. The van der Waals surface area contributed by atoms with Crippen LogP contribution in [0.3, 0.4) is 0 Å². The lowest BCUT2D eigenvalue weighted by atomic mass is 10.2. The molecule has 0 aromatic carbocycles. The van der Waals surface area contributed by atoms with Crippen molar-refractivity contribution in [3.63, 3.8) is 0 Å². The minimum Gasteiger partial charge on any atom is -0.302 e. The van der Waals surface area contributed by atoms with E-state index >= 15 is 0 Å². The molecule has 2 heteroatoms. The van der Waals surface area contributed by atoms with Crippen LogP contribution >= 0.6 is 0 Å². The van der Waals surface area contributed by atoms with Gasteiger partial charge in [0.15, 0.2) is 0 Å². The van der Waals surface area contributed by atoms with Crippen molar-refractivity contribution in [1.82, 2.24) is 5.32 Å². The molecule has 1 rings (SSSR count). The van der Waals surface area contributed by atoms with Gasteiger partial charge in [0, 0.05) is 0 Å². The van der Waals surface area contributed by atoms with Crippen molar-refractivity contribution in [1.29, 1.82) is 5.26 Å². The van der Waals surface area contributed by atoms with Crippen molar-refractivity contribution in [2.75, 3.05) is 6.54 Å². The maximum Gasteiger partial charge on any atom is 0.0953 e. The van der Waals surface area contributed by atoms with Crippen molar-refractivity contribution in [3.8, 4) is 6.07 Å².